The molecule has 1 saturated carbocycles. The number of para-hydroxylation sites is 1. The van der Waals surface area contributed by atoms with Crippen LogP contribution >= 0.6 is 11.6 Å². The summed E-state index contributed by atoms with van der Waals surface area (Å²) in [7, 11) is 0. The fraction of sp³-hybridized carbons (Fsp3) is 0.196. The third-order valence-corrected chi connectivity index (χ3v) is 12.5. The van der Waals surface area contributed by atoms with E-state index in [4.69, 9.17) is 11.6 Å². The van der Waals surface area contributed by atoms with Gasteiger partial charge in [0.05, 0.1) is 34.5 Å². The molecule has 4 aliphatic rings. The van der Waals surface area contributed by atoms with Crippen LogP contribution in [-0.4, -0.2) is 39.5 Å². The summed E-state index contributed by atoms with van der Waals surface area (Å²) < 4.78 is 13.9. The topological polar surface area (TPSA) is 124 Å². The molecule has 5 aromatic rings. The standard InChI is InChI=1S/C46H35ClFN3O6/c1-25-6-5-9-35(40(25)52)39-33-22-23-34-38(44(56)50(42(34)54)32-20-10-27(11-21-32)41(53)26-7-3-2-4-8-26)36(33)24-37-43(55)51(49-31-18-16-30(48)17-19-31)45(57)46(37,39)28-12-14-29(47)15-13-28/h2-22,34,36-39,49,52H,23-24H2,1H3/t34-,36+,37-,38-,39+,46+/m0/s1. The lowest BCUT2D eigenvalue weighted by molar-refractivity contribution is -0.138. The number of hydrazine groups is 1. The van der Waals surface area contributed by atoms with Crippen LogP contribution < -0.4 is 10.3 Å². The molecule has 11 heteroatoms. The molecule has 9 rings (SSSR count). The van der Waals surface area contributed by atoms with Crippen LogP contribution in [0.25, 0.3) is 0 Å². The number of anilines is 2. The lowest BCUT2D eigenvalue weighted by atomic mass is 9.49. The normalized spacial score (nSPS) is 25.2. The second-order valence-corrected chi connectivity index (χ2v) is 15.6. The second-order valence-electron chi connectivity index (χ2n) is 15.1. The maximum atomic E-state index is 15.3. The predicted octanol–water partition coefficient (Wildman–Crippen LogP) is 7.91. The average Bonchev–Trinajstić information content (AvgIpc) is 3.60. The highest BCUT2D eigenvalue weighted by molar-refractivity contribution is 6.30. The third-order valence-electron chi connectivity index (χ3n) is 12.3. The van der Waals surface area contributed by atoms with E-state index in [1.807, 2.05) is 12.1 Å². The molecule has 6 atom stereocenters. The van der Waals surface area contributed by atoms with E-state index in [9.17, 15) is 28.7 Å². The minimum atomic E-state index is -1.62. The molecule has 2 saturated heterocycles. The van der Waals surface area contributed by atoms with Gasteiger partial charge in [0.1, 0.15) is 11.6 Å². The molecule has 9 nitrogen and oxygen atoms in total. The summed E-state index contributed by atoms with van der Waals surface area (Å²) in [5, 5.41) is 13.2. The Kier molecular flexibility index (Phi) is 8.69. The van der Waals surface area contributed by atoms with Gasteiger partial charge in [-0.05, 0) is 97.5 Å². The molecule has 4 amide bonds. The number of hydrogen-bond donors (Lipinski definition) is 2. The summed E-state index contributed by atoms with van der Waals surface area (Å²) in [4.78, 5) is 73.4. The van der Waals surface area contributed by atoms with Gasteiger partial charge in [-0.25, -0.2) is 4.39 Å². The zero-order valence-corrected chi connectivity index (χ0v) is 31.3. The lowest BCUT2D eigenvalue weighted by Crippen LogP contribution is -2.53. The zero-order valence-electron chi connectivity index (χ0n) is 30.6. The Balaban J connectivity index is 1.16. The summed E-state index contributed by atoms with van der Waals surface area (Å²) in [5.74, 6) is -7.01. The summed E-state index contributed by atoms with van der Waals surface area (Å²) in [6, 6.07) is 32.4. The first kappa shape index (κ1) is 36.3. The van der Waals surface area contributed by atoms with Crippen molar-refractivity contribution in [3.05, 3.63) is 172 Å². The quantitative estimate of drug-likeness (QED) is 0.0978. The number of carbonyl (C=O) groups is 5. The number of fused-ring (bicyclic) bond motifs is 4. The number of aryl methyl sites for hydroxylation is 1. The van der Waals surface area contributed by atoms with Crippen LogP contribution in [-0.2, 0) is 24.6 Å². The van der Waals surface area contributed by atoms with Gasteiger partial charge in [0.25, 0.3) is 11.8 Å². The highest BCUT2D eigenvalue weighted by Crippen LogP contribution is 2.65. The van der Waals surface area contributed by atoms with Gasteiger partial charge in [-0.15, -0.1) is 0 Å². The molecule has 0 bridgehead atoms. The molecule has 57 heavy (non-hydrogen) atoms. The maximum Gasteiger partial charge on any atom is 0.260 e. The van der Waals surface area contributed by atoms with Crippen molar-refractivity contribution in [2.75, 3.05) is 10.3 Å². The number of aromatic hydroxyl groups is 1. The van der Waals surface area contributed by atoms with E-state index in [1.165, 1.54) is 29.2 Å². The monoisotopic (exact) mass is 779 g/mol. The summed E-state index contributed by atoms with van der Waals surface area (Å²) in [6.45, 7) is 1.75. The van der Waals surface area contributed by atoms with Gasteiger partial charge in [-0.3, -0.25) is 34.3 Å². The van der Waals surface area contributed by atoms with Gasteiger partial charge in [0, 0.05) is 27.6 Å². The third kappa shape index (κ3) is 5.53. The predicted molar refractivity (Wildman–Crippen MR) is 211 cm³/mol. The smallest absolute Gasteiger partial charge is 0.260 e. The van der Waals surface area contributed by atoms with Gasteiger partial charge < -0.3 is 5.11 Å². The van der Waals surface area contributed by atoms with E-state index in [2.05, 4.69) is 5.43 Å². The molecule has 0 unspecified atom stereocenters. The Morgan fingerprint density at radius 3 is 2.18 bits per heavy atom. The first-order valence-corrected chi connectivity index (χ1v) is 19.1. The minimum absolute atomic E-state index is 0.0439. The number of imide groups is 2. The van der Waals surface area contributed by atoms with Crippen LogP contribution in [0.5, 0.6) is 5.75 Å². The Bertz CT molecular complexity index is 2520. The van der Waals surface area contributed by atoms with Crippen LogP contribution in [0.1, 0.15) is 51.4 Å². The fourth-order valence-corrected chi connectivity index (χ4v) is 9.81. The Morgan fingerprint density at radius 1 is 0.789 bits per heavy atom. The fourth-order valence-electron chi connectivity index (χ4n) is 9.69. The van der Waals surface area contributed by atoms with E-state index >= 15 is 4.79 Å². The van der Waals surface area contributed by atoms with Crippen molar-refractivity contribution >= 4 is 52.4 Å². The molecular formula is C46H35ClFN3O6. The second kappa shape index (κ2) is 13.7. The molecule has 0 radical (unpaired) electrons. The molecule has 5 aromatic carbocycles. The average molecular weight is 780 g/mol. The highest BCUT2D eigenvalue weighted by atomic mass is 35.5. The van der Waals surface area contributed by atoms with E-state index in [0.717, 1.165) is 5.01 Å². The first-order chi connectivity index (χ1) is 27.5. The molecule has 2 aliphatic carbocycles. The Morgan fingerprint density at radius 2 is 1.47 bits per heavy atom. The number of carbonyl (C=O) groups excluding carboxylic acids is 5. The van der Waals surface area contributed by atoms with Crippen molar-refractivity contribution in [1.82, 2.24) is 5.01 Å². The molecule has 0 aromatic heterocycles. The highest BCUT2D eigenvalue weighted by Gasteiger charge is 2.70. The van der Waals surface area contributed by atoms with Crippen molar-refractivity contribution < 1.29 is 33.5 Å². The SMILES string of the molecule is Cc1cccc([C@H]2C3=CC[C@@H]4C(=O)N(c5ccc(C(=O)c6ccccc6)cc5)C(=O)[C@@H]4[C@@H]3C[C@H]3C(=O)N(Nc4ccc(F)cc4)C(=O)[C@@]23c2ccc(Cl)cc2)c1O. The van der Waals surface area contributed by atoms with Gasteiger partial charge in [0.2, 0.25) is 11.8 Å². The van der Waals surface area contributed by atoms with Crippen molar-refractivity contribution in [3.8, 4) is 5.75 Å². The number of phenolic OH excluding ortho intramolecular Hbond substituents is 1. The number of benzene rings is 5. The number of nitrogens with zero attached hydrogens (tertiary/aromatic N) is 2. The number of amides is 4. The van der Waals surface area contributed by atoms with Gasteiger partial charge in [-0.1, -0.05) is 83.9 Å². The van der Waals surface area contributed by atoms with Crippen molar-refractivity contribution in [1.29, 1.82) is 0 Å². The molecule has 3 fully saturated rings. The Labute approximate surface area is 332 Å². The van der Waals surface area contributed by atoms with Crippen molar-refractivity contribution in [2.24, 2.45) is 23.7 Å². The van der Waals surface area contributed by atoms with Crippen LogP contribution in [0.15, 0.2) is 133 Å². The van der Waals surface area contributed by atoms with Gasteiger partial charge in [0.15, 0.2) is 5.78 Å². The van der Waals surface area contributed by atoms with E-state index in [1.54, 1.807) is 97.9 Å². The molecule has 284 valence electrons. The number of phenols is 1. The number of hydrogen-bond acceptors (Lipinski definition) is 7. The number of rotatable bonds is 7. The maximum absolute atomic E-state index is 15.3. The zero-order chi connectivity index (χ0) is 39.7. The summed E-state index contributed by atoms with van der Waals surface area (Å²) in [5.41, 5.74) is 4.98. The first-order valence-electron chi connectivity index (χ1n) is 18.7. The molecular weight excluding hydrogens is 745 g/mol. The minimum Gasteiger partial charge on any atom is -0.507 e. The van der Waals surface area contributed by atoms with E-state index in [-0.39, 0.29) is 30.3 Å². The molecule has 2 heterocycles. The number of nitrogens with one attached hydrogen (secondary N) is 1. The number of ketones is 1. The van der Waals surface area contributed by atoms with E-state index in [0.29, 0.717) is 49.8 Å². The van der Waals surface area contributed by atoms with Gasteiger partial charge >= 0.3 is 0 Å². The van der Waals surface area contributed by atoms with E-state index < -0.39 is 58.5 Å². The number of allylic oxidation sites excluding steroid dienone is 2. The number of halogens is 2. The largest absolute Gasteiger partial charge is 0.507 e. The van der Waals surface area contributed by atoms with Crippen molar-refractivity contribution in [3.63, 3.8) is 0 Å². The summed E-state index contributed by atoms with van der Waals surface area (Å²) in [6.07, 6.45) is 2.14. The van der Waals surface area contributed by atoms with Crippen LogP contribution in [0.4, 0.5) is 15.8 Å². The van der Waals surface area contributed by atoms with Crippen molar-refractivity contribution in [2.45, 2.75) is 31.1 Å². The Hall–Kier alpha value is -6.39. The summed E-state index contributed by atoms with van der Waals surface area (Å²) >= 11 is 6.37. The van der Waals surface area contributed by atoms with Crippen LogP contribution in [0, 0.1) is 36.4 Å². The molecule has 0 spiro atoms. The van der Waals surface area contributed by atoms with Crippen LogP contribution in [0.2, 0.25) is 5.02 Å². The van der Waals surface area contributed by atoms with Gasteiger partial charge in [-0.2, -0.15) is 5.01 Å². The van der Waals surface area contributed by atoms with Crippen LogP contribution in [0.3, 0.4) is 0 Å². The molecule has 2 N–H and O–H groups in total. The molecule has 2 aliphatic heterocycles. The lowest BCUT2D eigenvalue weighted by Gasteiger charge is -2.50.